The molecule has 0 amide bonds. The van der Waals surface area contributed by atoms with Crippen LogP contribution in [0, 0.1) is 0 Å². The van der Waals surface area contributed by atoms with Gasteiger partial charge < -0.3 is 4.42 Å². The lowest BCUT2D eigenvalue weighted by molar-refractivity contribution is 0.670. The molecule has 210 valence electrons. The van der Waals surface area contributed by atoms with Crippen LogP contribution in [-0.2, 0) is 0 Å². The van der Waals surface area contributed by atoms with Gasteiger partial charge in [-0.1, -0.05) is 164 Å². The summed E-state index contributed by atoms with van der Waals surface area (Å²) in [6, 6.07) is 27.9. The highest BCUT2D eigenvalue weighted by Gasteiger charge is 2.21. The molecule has 0 unspecified atom stereocenters. The molecule has 0 atom stereocenters. The van der Waals surface area contributed by atoms with Crippen molar-refractivity contribution in [1.82, 2.24) is 0 Å². The van der Waals surface area contributed by atoms with Crippen LogP contribution in [0.3, 0.4) is 0 Å². The predicted octanol–water partition coefficient (Wildman–Crippen LogP) is 12.6. The first kappa shape index (κ1) is 16.8. The zero-order valence-electron chi connectivity index (χ0n) is 34.7. The molecule has 0 fully saturated rings. The van der Waals surface area contributed by atoms with Gasteiger partial charge in [-0.3, -0.25) is 0 Å². The Hall–Kier alpha value is -5.92. The van der Waals surface area contributed by atoms with Gasteiger partial charge in [-0.2, -0.15) is 0 Å². The van der Waals surface area contributed by atoms with Crippen LogP contribution in [-0.4, -0.2) is 0 Å². The van der Waals surface area contributed by atoms with Gasteiger partial charge in [0.05, 0.1) is 15.1 Å². The van der Waals surface area contributed by atoms with E-state index >= 15 is 0 Å². The molecule has 1 aromatic heterocycles. The first-order valence-corrected chi connectivity index (χ1v) is 14.5. The van der Waals surface area contributed by atoms with Gasteiger partial charge in [-0.05, 0) is 66.5 Å². The summed E-state index contributed by atoms with van der Waals surface area (Å²) in [6.45, 7) is 0. The molecule has 0 N–H and O–H groups in total. The lowest BCUT2D eigenvalue weighted by atomic mass is 9.84. The number of fused-ring (bicyclic) bond motifs is 5. The van der Waals surface area contributed by atoms with Crippen LogP contribution in [0.4, 0.5) is 0 Å². The maximum absolute atomic E-state index is 9.44. The fourth-order valence-electron chi connectivity index (χ4n) is 6.38. The Kier molecular flexibility index (Phi) is 3.87. The Morgan fingerprint density at radius 2 is 0.956 bits per heavy atom. The predicted molar refractivity (Wildman–Crippen MR) is 190 cm³/mol. The maximum atomic E-state index is 9.44. The molecule has 9 aromatic rings. The van der Waals surface area contributed by atoms with E-state index in [1.165, 1.54) is 0 Å². The first-order valence-electron chi connectivity index (χ1n) is 20.0. The van der Waals surface area contributed by atoms with Gasteiger partial charge in [0.25, 0.3) is 0 Å². The Morgan fingerprint density at radius 3 is 1.64 bits per heavy atom. The molecule has 1 nitrogen and oxygen atoms in total. The molecule has 1 heterocycles. The van der Waals surface area contributed by atoms with E-state index in [4.69, 9.17) is 18.1 Å². The Bertz CT molecular complexity index is 3050. The van der Waals surface area contributed by atoms with Crippen molar-refractivity contribution in [2.75, 3.05) is 0 Å². The number of rotatable bonds is 4. The number of para-hydroxylation sites is 1. The lowest BCUT2D eigenvalue weighted by Gasteiger charge is -2.18. The molecule has 0 saturated carbocycles. The van der Waals surface area contributed by atoms with Crippen LogP contribution < -0.4 is 0 Å². The largest absolute Gasteiger partial charge is 0.455 e. The lowest BCUT2D eigenvalue weighted by Crippen LogP contribution is -1.91. The van der Waals surface area contributed by atoms with Crippen molar-refractivity contribution in [1.29, 1.82) is 0 Å². The van der Waals surface area contributed by atoms with Gasteiger partial charge in [-0.15, -0.1) is 0 Å². The molecule has 45 heavy (non-hydrogen) atoms. The second kappa shape index (κ2) is 10.4. The van der Waals surface area contributed by atoms with Crippen molar-refractivity contribution in [2.45, 2.75) is 0 Å². The monoisotopic (exact) mass is 583 g/mol. The molecule has 0 radical (unpaired) electrons. The molecular weight excluding hydrogens is 544 g/mol. The van der Waals surface area contributed by atoms with Crippen molar-refractivity contribution in [3.05, 3.63) is 170 Å². The van der Waals surface area contributed by atoms with E-state index in [2.05, 4.69) is 0 Å². The summed E-state index contributed by atoms with van der Waals surface area (Å²) in [6.07, 6.45) is 0. The summed E-state index contributed by atoms with van der Waals surface area (Å²) < 4.78 is 102. The van der Waals surface area contributed by atoms with Gasteiger partial charge in [0.1, 0.15) is 11.2 Å². The van der Waals surface area contributed by atoms with Crippen molar-refractivity contribution in [3.63, 3.8) is 0 Å². The number of hydrogen-bond acceptors (Lipinski definition) is 1. The molecule has 0 aliphatic heterocycles. The molecule has 0 spiro atoms. The maximum Gasteiger partial charge on any atom is 0.143 e. The van der Waals surface area contributed by atoms with E-state index < -0.39 is 18.1 Å². The topological polar surface area (TPSA) is 13.1 Å². The van der Waals surface area contributed by atoms with E-state index in [1.54, 1.807) is 36.4 Å². The first-order chi connectivity index (χ1) is 26.9. The van der Waals surface area contributed by atoms with Gasteiger partial charge in [-0.25, -0.2) is 0 Å². The minimum Gasteiger partial charge on any atom is -0.455 e. The molecule has 0 aliphatic rings. The van der Waals surface area contributed by atoms with Gasteiger partial charge in [0.15, 0.2) is 0 Å². The summed E-state index contributed by atoms with van der Waals surface area (Å²) in [5.74, 6) is 0. The summed E-state index contributed by atoms with van der Waals surface area (Å²) in [7, 11) is 0. The summed E-state index contributed by atoms with van der Waals surface area (Å²) >= 11 is 0. The zero-order chi connectivity index (χ0) is 39.3. The van der Waals surface area contributed by atoms with E-state index in [9.17, 15) is 1.37 Å². The molecule has 0 saturated heterocycles. The van der Waals surface area contributed by atoms with E-state index in [0.717, 1.165) is 32.7 Å². The molecular formula is C44H28O. The van der Waals surface area contributed by atoms with Crippen LogP contribution in [0.25, 0.3) is 88.0 Å². The van der Waals surface area contributed by atoms with Crippen LogP contribution in [0.5, 0.6) is 0 Å². The third-order valence-electron chi connectivity index (χ3n) is 8.33. The van der Waals surface area contributed by atoms with Crippen molar-refractivity contribution in [2.24, 2.45) is 0 Å². The number of furan rings is 1. The molecule has 0 aliphatic carbocycles. The zero-order valence-corrected chi connectivity index (χ0v) is 23.7. The van der Waals surface area contributed by atoms with Crippen LogP contribution in [0.15, 0.2) is 174 Å². The second-order valence-electron chi connectivity index (χ2n) is 10.8. The summed E-state index contributed by atoms with van der Waals surface area (Å²) in [4.78, 5) is 0. The highest BCUT2D eigenvalue weighted by Crippen LogP contribution is 2.47. The summed E-state index contributed by atoms with van der Waals surface area (Å²) in [5.41, 5.74) is 4.08. The van der Waals surface area contributed by atoms with Crippen molar-refractivity contribution >= 4 is 43.5 Å². The normalized spacial score (nSPS) is 15.0. The number of hydrogen-bond donors (Lipinski definition) is 0. The van der Waals surface area contributed by atoms with Gasteiger partial charge in [0.2, 0.25) is 0 Å². The van der Waals surface area contributed by atoms with E-state index in [0.29, 0.717) is 22.3 Å². The minimum absolute atomic E-state index is 0.00726. The quantitative estimate of drug-likeness (QED) is 0.188. The Balaban J connectivity index is 1.38. The SMILES string of the molecule is [2H]c1c([2H])c([2H])c(-c2ccc(-c3c4ccccc4c(-c4c([2H])c([2H])c([2H])c5oc6c(-c7ccccc7)c([2H])c([2H])c([2H])c6c45)c4ccccc34)cc2)c([2H])c1[2H]. The van der Waals surface area contributed by atoms with Gasteiger partial charge in [0, 0.05) is 16.3 Å². The molecule has 1 heteroatoms. The van der Waals surface area contributed by atoms with Crippen LogP contribution in [0.1, 0.15) is 15.1 Å². The third-order valence-corrected chi connectivity index (χ3v) is 8.33. The van der Waals surface area contributed by atoms with Crippen molar-refractivity contribution < 1.29 is 19.5 Å². The molecule has 0 bridgehead atoms. The van der Waals surface area contributed by atoms with Crippen LogP contribution >= 0.6 is 0 Å². The fourth-order valence-corrected chi connectivity index (χ4v) is 6.38. The van der Waals surface area contributed by atoms with E-state index in [1.807, 2.05) is 66.7 Å². The minimum atomic E-state index is -0.457. The van der Waals surface area contributed by atoms with E-state index in [-0.39, 0.29) is 81.4 Å². The summed E-state index contributed by atoms with van der Waals surface area (Å²) in [5, 5.41) is 3.48. The number of benzene rings is 8. The third kappa shape index (κ3) is 4.09. The highest BCUT2D eigenvalue weighted by atomic mass is 16.3. The highest BCUT2D eigenvalue weighted by molar-refractivity contribution is 6.26. The Labute approximate surface area is 277 Å². The average molecular weight is 584 g/mol. The van der Waals surface area contributed by atoms with Gasteiger partial charge >= 0.3 is 0 Å². The fraction of sp³-hybridized carbons (Fsp3) is 0. The Morgan fingerprint density at radius 1 is 0.378 bits per heavy atom. The second-order valence-corrected chi connectivity index (χ2v) is 10.8. The standard InChI is InChI=1S/C44H28O/c1-3-13-29(14-4-1)30-25-27-32(28-26-30)41-34-17-7-9-19-36(34)42(37-20-10-8-18-35(37)41)38-22-12-24-40-43(38)39-23-11-21-33(44(39)45-40)31-15-5-2-6-16-31/h1-28H/i1D,3D,4D,11D,12D,13D,14D,21D,22D,23D,24D. The molecule has 8 aromatic carbocycles. The van der Waals surface area contributed by atoms with Crippen molar-refractivity contribution in [3.8, 4) is 44.5 Å². The van der Waals surface area contributed by atoms with Crippen LogP contribution in [0.2, 0.25) is 0 Å². The molecule has 9 rings (SSSR count). The smallest absolute Gasteiger partial charge is 0.143 e. The average Bonchev–Trinajstić information content (AvgIpc) is 3.61.